The second-order valence-electron chi connectivity index (χ2n) is 8.61. The molecule has 5 rings (SSSR count). The fourth-order valence-electron chi connectivity index (χ4n) is 5.76. The lowest BCUT2D eigenvalue weighted by atomic mass is 9.49. The zero-order chi connectivity index (χ0) is 18.3. The Kier molecular flexibility index (Phi) is 4.72. The van der Waals surface area contributed by atoms with Crippen LogP contribution in [-0.2, 0) is 14.3 Å². The number of carbonyl (C=O) groups excluding carboxylic acids is 2. The van der Waals surface area contributed by atoms with E-state index in [0.29, 0.717) is 22.8 Å². The van der Waals surface area contributed by atoms with Gasteiger partial charge in [0.15, 0.2) is 6.61 Å². The summed E-state index contributed by atoms with van der Waals surface area (Å²) in [5, 5.41) is 3.55. The molecule has 0 unspecified atom stereocenters. The molecule has 4 aliphatic rings. The van der Waals surface area contributed by atoms with Gasteiger partial charge < -0.3 is 10.1 Å². The van der Waals surface area contributed by atoms with Gasteiger partial charge in [0.2, 0.25) is 0 Å². The average Bonchev–Trinajstić information content (AvgIpc) is 2.59. The van der Waals surface area contributed by atoms with Crippen molar-refractivity contribution in [3.8, 4) is 0 Å². The fourth-order valence-corrected chi connectivity index (χ4v) is 5.89. The first-order valence-electron chi connectivity index (χ1n) is 9.65. The molecule has 1 atom stereocenters. The summed E-state index contributed by atoms with van der Waals surface area (Å²) in [6.07, 6.45) is 6.73. The van der Waals surface area contributed by atoms with Crippen LogP contribution in [0, 0.1) is 23.2 Å². The first kappa shape index (κ1) is 17.8. The predicted octanol–water partition coefficient (Wildman–Crippen LogP) is 4.28. The van der Waals surface area contributed by atoms with E-state index in [0.717, 1.165) is 24.8 Å². The van der Waals surface area contributed by atoms with Crippen LogP contribution in [0.15, 0.2) is 24.3 Å². The van der Waals surface area contributed by atoms with Crippen LogP contribution in [0.3, 0.4) is 0 Å². The summed E-state index contributed by atoms with van der Waals surface area (Å²) >= 11 is 5.89. The summed E-state index contributed by atoms with van der Waals surface area (Å²) in [5.74, 6) is 1.66. The van der Waals surface area contributed by atoms with Gasteiger partial charge in [-0.05, 0) is 80.9 Å². The molecule has 0 spiro atoms. The third kappa shape index (κ3) is 3.48. The SMILES string of the molecule is C[C@@H](NC(=O)COC(=O)C12CC3CC(CC(C3)C1)C2)c1ccc(Cl)cc1. The van der Waals surface area contributed by atoms with Crippen LogP contribution in [-0.4, -0.2) is 18.5 Å². The molecular formula is C21H26ClNO3. The molecule has 5 heteroatoms. The highest BCUT2D eigenvalue weighted by atomic mass is 35.5. The average molecular weight is 376 g/mol. The maximum absolute atomic E-state index is 12.8. The van der Waals surface area contributed by atoms with E-state index < -0.39 is 0 Å². The third-order valence-corrected chi connectivity index (χ3v) is 6.81. The van der Waals surface area contributed by atoms with Gasteiger partial charge in [-0.1, -0.05) is 23.7 Å². The van der Waals surface area contributed by atoms with Crippen LogP contribution < -0.4 is 5.32 Å². The zero-order valence-electron chi connectivity index (χ0n) is 15.2. The van der Waals surface area contributed by atoms with E-state index >= 15 is 0 Å². The van der Waals surface area contributed by atoms with Crippen molar-refractivity contribution in [2.45, 2.75) is 51.5 Å². The molecule has 0 aromatic heterocycles. The largest absolute Gasteiger partial charge is 0.455 e. The standard InChI is InChI=1S/C21H26ClNO3/c1-13(17-2-4-18(22)5-3-17)23-19(24)12-26-20(25)21-9-14-6-15(10-21)8-16(7-14)11-21/h2-5,13-16H,6-12H2,1H3,(H,23,24)/t13-,14?,15?,16?,21?/m1/s1. The predicted molar refractivity (Wildman–Crippen MR) is 99.6 cm³/mol. The Labute approximate surface area is 159 Å². The van der Waals surface area contributed by atoms with Gasteiger partial charge in [-0.3, -0.25) is 9.59 Å². The minimum atomic E-state index is -0.309. The van der Waals surface area contributed by atoms with E-state index in [9.17, 15) is 9.59 Å². The Morgan fingerprint density at radius 3 is 2.19 bits per heavy atom. The summed E-state index contributed by atoms with van der Waals surface area (Å²) < 4.78 is 5.47. The van der Waals surface area contributed by atoms with Crippen molar-refractivity contribution in [1.29, 1.82) is 0 Å². The molecule has 1 amide bonds. The van der Waals surface area contributed by atoms with Crippen molar-refractivity contribution in [3.63, 3.8) is 0 Å². The molecule has 4 fully saturated rings. The van der Waals surface area contributed by atoms with E-state index in [-0.39, 0.29) is 29.9 Å². The number of rotatable bonds is 5. The third-order valence-electron chi connectivity index (χ3n) is 6.55. The molecular weight excluding hydrogens is 350 g/mol. The number of amides is 1. The highest BCUT2D eigenvalue weighted by Crippen LogP contribution is 2.60. The van der Waals surface area contributed by atoms with Gasteiger partial charge in [-0.2, -0.15) is 0 Å². The molecule has 0 saturated heterocycles. The number of nitrogens with one attached hydrogen (secondary N) is 1. The highest BCUT2D eigenvalue weighted by Gasteiger charge is 2.55. The van der Waals surface area contributed by atoms with Crippen molar-refractivity contribution in [1.82, 2.24) is 5.32 Å². The smallest absolute Gasteiger partial charge is 0.312 e. The van der Waals surface area contributed by atoms with Crippen molar-refractivity contribution < 1.29 is 14.3 Å². The Morgan fingerprint density at radius 1 is 1.12 bits per heavy atom. The molecule has 140 valence electrons. The summed E-state index contributed by atoms with van der Waals surface area (Å²) in [7, 11) is 0. The molecule has 26 heavy (non-hydrogen) atoms. The lowest BCUT2D eigenvalue weighted by molar-refractivity contribution is -0.173. The summed E-state index contributed by atoms with van der Waals surface area (Å²) in [5.41, 5.74) is 0.659. The maximum atomic E-state index is 12.8. The van der Waals surface area contributed by atoms with Gasteiger partial charge in [0.25, 0.3) is 5.91 Å². The van der Waals surface area contributed by atoms with Crippen molar-refractivity contribution in [2.24, 2.45) is 23.2 Å². The van der Waals surface area contributed by atoms with Gasteiger partial charge in [0.05, 0.1) is 11.5 Å². The van der Waals surface area contributed by atoms with Crippen LogP contribution >= 0.6 is 11.6 Å². The van der Waals surface area contributed by atoms with Crippen LogP contribution in [0.5, 0.6) is 0 Å². The Hall–Kier alpha value is -1.55. The molecule has 1 N–H and O–H groups in total. The first-order chi connectivity index (χ1) is 12.4. The normalized spacial score (nSPS) is 32.9. The Bertz CT molecular complexity index is 664. The van der Waals surface area contributed by atoms with Crippen LogP contribution in [0.1, 0.15) is 57.1 Å². The van der Waals surface area contributed by atoms with E-state index in [1.807, 2.05) is 19.1 Å². The molecule has 0 aliphatic heterocycles. The molecule has 0 radical (unpaired) electrons. The highest BCUT2D eigenvalue weighted by molar-refractivity contribution is 6.30. The Morgan fingerprint density at radius 2 is 1.65 bits per heavy atom. The van der Waals surface area contributed by atoms with Crippen LogP contribution in [0.2, 0.25) is 5.02 Å². The van der Waals surface area contributed by atoms with E-state index in [4.69, 9.17) is 16.3 Å². The van der Waals surface area contributed by atoms with Gasteiger partial charge in [0.1, 0.15) is 0 Å². The number of benzene rings is 1. The quantitative estimate of drug-likeness (QED) is 0.781. The lowest BCUT2D eigenvalue weighted by Gasteiger charge is -2.55. The molecule has 0 heterocycles. The number of halogens is 1. The van der Waals surface area contributed by atoms with Crippen molar-refractivity contribution in [2.75, 3.05) is 6.61 Å². The number of hydrogen-bond donors (Lipinski definition) is 1. The van der Waals surface area contributed by atoms with Gasteiger partial charge >= 0.3 is 5.97 Å². The van der Waals surface area contributed by atoms with Gasteiger partial charge in [0, 0.05) is 5.02 Å². The maximum Gasteiger partial charge on any atom is 0.312 e. The minimum absolute atomic E-state index is 0.147. The fraction of sp³-hybridized carbons (Fsp3) is 0.619. The first-order valence-corrected chi connectivity index (χ1v) is 10.0. The van der Waals surface area contributed by atoms with Crippen molar-refractivity contribution >= 4 is 23.5 Å². The second kappa shape index (κ2) is 6.88. The molecule has 1 aromatic carbocycles. The number of hydrogen-bond acceptors (Lipinski definition) is 3. The topological polar surface area (TPSA) is 55.4 Å². The molecule has 4 nitrogen and oxygen atoms in total. The Balaban J connectivity index is 1.30. The molecule has 1 aromatic rings. The zero-order valence-corrected chi connectivity index (χ0v) is 15.9. The number of esters is 1. The lowest BCUT2D eigenvalue weighted by Crippen LogP contribution is -2.51. The van der Waals surface area contributed by atoms with E-state index in [1.165, 1.54) is 19.3 Å². The molecule has 4 bridgehead atoms. The number of carbonyl (C=O) groups is 2. The van der Waals surface area contributed by atoms with E-state index in [2.05, 4.69) is 5.32 Å². The monoisotopic (exact) mass is 375 g/mol. The van der Waals surface area contributed by atoms with Crippen molar-refractivity contribution in [3.05, 3.63) is 34.9 Å². The summed E-state index contributed by atoms with van der Waals surface area (Å²) in [4.78, 5) is 25.0. The molecule has 4 aliphatic carbocycles. The minimum Gasteiger partial charge on any atom is -0.455 e. The molecule has 4 saturated carbocycles. The van der Waals surface area contributed by atoms with Gasteiger partial charge in [-0.15, -0.1) is 0 Å². The van der Waals surface area contributed by atoms with Crippen LogP contribution in [0.4, 0.5) is 0 Å². The summed E-state index contributed by atoms with van der Waals surface area (Å²) in [6.45, 7) is 1.71. The number of ether oxygens (including phenoxy) is 1. The van der Waals surface area contributed by atoms with Gasteiger partial charge in [-0.25, -0.2) is 0 Å². The van der Waals surface area contributed by atoms with E-state index in [1.54, 1.807) is 12.1 Å². The van der Waals surface area contributed by atoms with Crippen LogP contribution in [0.25, 0.3) is 0 Å². The summed E-state index contributed by atoms with van der Waals surface area (Å²) in [6, 6.07) is 7.21. The second-order valence-corrected chi connectivity index (χ2v) is 9.05.